The van der Waals surface area contributed by atoms with Gasteiger partial charge in [0.15, 0.2) is 29.8 Å². The van der Waals surface area contributed by atoms with E-state index in [0.717, 1.165) is 11.5 Å². The number of amides is 1. The second-order valence-corrected chi connectivity index (χ2v) is 7.15. The van der Waals surface area contributed by atoms with Crippen molar-refractivity contribution in [1.29, 1.82) is 0 Å². The molecule has 1 fully saturated rings. The molecule has 3 heterocycles. The second kappa shape index (κ2) is 9.38. The molecule has 1 N–H and O–H groups in total. The number of hydrogen-bond donors (Lipinski definition) is 1. The third-order valence-electron chi connectivity index (χ3n) is 4.94. The highest BCUT2D eigenvalue weighted by Gasteiger charge is 2.22. The van der Waals surface area contributed by atoms with E-state index in [1.807, 2.05) is 37.3 Å². The van der Waals surface area contributed by atoms with Gasteiger partial charge < -0.3 is 19.9 Å². The standard InChI is InChI=1S/C22H23FN6O2/c1-16-5-4-8-19(24-16)25-20-9-10-21(27-26-20)28-11-13-29(14-12-28)22(30)15-31-18-7-3-2-6-17(18)23/h2-10H,11-15H2,1H3,(H,24,25,26). The number of pyridine rings is 1. The van der Waals surface area contributed by atoms with E-state index in [0.29, 0.717) is 37.8 Å². The lowest BCUT2D eigenvalue weighted by Crippen LogP contribution is -2.50. The van der Waals surface area contributed by atoms with E-state index < -0.39 is 5.82 Å². The van der Waals surface area contributed by atoms with Crippen LogP contribution in [0.1, 0.15) is 5.69 Å². The molecule has 160 valence electrons. The van der Waals surface area contributed by atoms with E-state index in [2.05, 4.69) is 25.4 Å². The van der Waals surface area contributed by atoms with Gasteiger partial charge >= 0.3 is 0 Å². The Hall–Kier alpha value is -3.75. The number of nitrogens with one attached hydrogen (secondary N) is 1. The average molecular weight is 422 g/mol. The van der Waals surface area contributed by atoms with Gasteiger partial charge in [-0.2, -0.15) is 0 Å². The quantitative estimate of drug-likeness (QED) is 0.654. The molecule has 0 atom stereocenters. The summed E-state index contributed by atoms with van der Waals surface area (Å²) in [5.41, 5.74) is 0.918. The number of halogens is 1. The molecular weight excluding hydrogens is 399 g/mol. The number of anilines is 3. The van der Waals surface area contributed by atoms with Crippen molar-refractivity contribution in [1.82, 2.24) is 20.1 Å². The average Bonchev–Trinajstić information content (AvgIpc) is 2.79. The Morgan fingerprint density at radius 2 is 1.81 bits per heavy atom. The van der Waals surface area contributed by atoms with Gasteiger partial charge in [-0.05, 0) is 43.3 Å². The summed E-state index contributed by atoms with van der Waals surface area (Å²) in [4.78, 5) is 20.6. The summed E-state index contributed by atoms with van der Waals surface area (Å²) < 4.78 is 18.9. The van der Waals surface area contributed by atoms with Crippen LogP contribution >= 0.6 is 0 Å². The van der Waals surface area contributed by atoms with Gasteiger partial charge in [0.2, 0.25) is 0 Å². The zero-order chi connectivity index (χ0) is 21.6. The van der Waals surface area contributed by atoms with E-state index in [4.69, 9.17) is 4.74 Å². The van der Waals surface area contributed by atoms with Crippen LogP contribution in [0, 0.1) is 12.7 Å². The summed E-state index contributed by atoms with van der Waals surface area (Å²) >= 11 is 0. The normalized spacial score (nSPS) is 13.7. The monoisotopic (exact) mass is 422 g/mol. The van der Waals surface area contributed by atoms with Gasteiger partial charge in [0, 0.05) is 31.9 Å². The third kappa shape index (κ3) is 5.25. The van der Waals surface area contributed by atoms with Crippen LogP contribution in [0.3, 0.4) is 0 Å². The number of aryl methyl sites for hydroxylation is 1. The summed E-state index contributed by atoms with van der Waals surface area (Å²) in [5.74, 6) is 1.51. The minimum atomic E-state index is -0.477. The highest BCUT2D eigenvalue weighted by atomic mass is 19.1. The Kier molecular flexibility index (Phi) is 6.21. The van der Waals surface area contributed by atoms with Crippen molar-refractivity contribution in [2.24, 2.45) is 0 Å². The SMILES string of the molecule is Cc1cccc(Nc2ccc(N3CCN(C(=O)COc4ccccc4F)CC3)nn2)n1. The van der Waals surface area contributed by atoms with Crippen LogP contribution in [0.2, 0.25) is 0 Å². The second-order valence-electron chi connectivity index (χ2n) is 7.15. The fourth-order valence-corrected chi connectivity index (χ4v) is 3.28. The molecule has 1 aliphatic rings. The van der Waals surface area contributed by atoms with Crippen molar-refractivity contribution < 1.29 is 13.9 Å². The number of carbonyl (C=O) groups is 1. The first-order valence-electron chi connectivity index (χ1n) is 10.0. The predicted octanol–water partition coefficient (Wildman–Crippen LogP) is 2.79. The van der Waals surface area contributed by atoms with E-state index in [9.17, 15) is 9.18 Å². The molecule has 3 aromatic rings. The molecule has 31 heavy (non-hydrogen) atoms. The van der Waals surface area contributed by atoms with E-state index >= 15 is 0 Å². The van der Waals surface area contributed by atoms with Gasteiger partial charge in [0.05, 0.1) is 0 Å². The fraction of sp³-hybridized carbons (Fsp3) is 0.273. The van der Waals surface area contributed by atoms with Crippen LogP contribution < -0.4 is 15.0 Å². The topological polar surface area (TPSA) is 83.5 Å². The highest BCUT2D eigenvalue weighted by Crippen LogP contribution is 2.18. The molecule has 2 aromatic heterocycles. The maximum Gasteiger partial charge on any atom is 0.260 e. The van der Waals surface area contributed by atoms with Gasteiger partial charge in [0.1, 0.15) is 5.82 Å². The zero-order valence-electron chi connectivity index (χ0n) is 17.2. The predicted molar refractivity (Wildman–Crippen MR) is 115 cm³/mol. The van der Waals surface area contributed by atoms with Crippen molar-refractivity contribution in [3.05, 3.63) is 66.1 Å². The molecule has 0 bridgehead atoms. The Bertz CT molecular complexity index is 1040. The van der Waals surface area contributed by atoms with Gasteiger partial charge in [-0.1, -0.05) is 18.2 Å². The van der Waals surface area contributed by atoms with Crippen molar-refractivity contribution >= 4 is 23.4 Å². The van der Waals surface area contributed by atoms with Crippen molar-refractivity contribution in [3.63, 3.8) is 0 Å². The summed E-state index contributed by atoms with van der Waals surface area (Å²) in [6.07, 6.45) is 0. The number of rotatable bonds is 6. The van der Waals surface area contributed by atoms with Crippen molar-refractivity contribution in [2.45, 2.75) is 6.92 Å². The Morgan fingerprint density at radius 3 is 2.52 bits per heavy atom. The number of aromatic nitrogens is 3. The van der Waals surface area contributed by atoms with Crippen LogP contribution in [0.15, 0.2) is 54.6 Å². The molecule has 0 unspecified atom stereocenters. The maximum absolute atomic E-state index is 13.6. The molecule has 1 aromatic carbocycles. The number of benzene rings is 1. The van der Waals surface area contributed by atoms with Crippen LogP contribution in [0.25, 0.3) is 0 Å². The van der Waals surface area contributed by atoms with Gasteiger partial charge in [-0.15, -0.1) is 10.2 Å². The molecule has 1 saturated heterocycles. The van der Waals surface area contributed by atoms with Gasteiger partial charge in [-0.25, -0.2) is 9.37 Å². The number of ether oxygens (including phenoxy) is 1. The first-order valence-corrected chi connectivity index (χ1v) is 10.0. The lowest BCUT2D eigenvalue weighted by molar-refractivity contribution is -0.133. The maximum atomic E-state index is 13.6. The molecule has 9 heteroatoms. The van der Waals surface area contributed by atoms with Crippen molar-refractivity contribution in [2.75, 3.05) is 43.0 Å². The number of hydrogen-bond acceptors (Lipinski definition) is 7. The minimum absolute atomic E-state index is 0.0827. The van der Waals surface area contributed by atoms with Gasteiger partial charge in [-0.3, -0.25) is 4.79 Å². The summed E-state index contributed by atoms with van der Waals surface area (Å²) in [6.45, 7) is 4.08. The Labute approximate surface area is 179 Å². The first-order chi connectivity index (χ1) is 15.1. The number of para-hydroxylation sites is 1. The van der Waals surface area contributed by atoms with Crippen LogP contribution in [0.4, 0.5) is 21.8 Å². The number of piperazine rings is 1. The molecule has 4 rings (SSSR count). The minimum Gasteiger partial charge on any atom is -0.481 e. The molecule has 0 spiro atoms. The van der Waals surface area contributed by atoms with Crippen LogP contribution in [-0.4, -0.2) is 58.8 Å². The Balaban J connectivity index is 1.27. The summed E-state index contributed by atoms with van der Waals surface area (Å²) in [5, 5.41) is 11.6. The van der Waals surface area contributed by atoms with Crippen LogP contribution in [-0.2, 0) is 4.79 Å². The molecule has 0 saturated carbocycles. The molecule has 8 nitrogen and oxygen atoms in total. The largest absolute Gasteiger partial charge is 0.481 e. The zero-order valence-corrected chi connectivity index (χ0v) is 17.2. The number of carbonyl (C=O) groups excluding carboxylic acids is 1. The molecular formula is C22H23FN6O2. The highest BCUT2D eigenvalue weighted by molar-refractivity contribution is 5.78. The fourth-order valence-electron chi connectivity index (χ4n) is 3.28. The lowest BCUT2D eigenvalue weighted by Gasteiger charge is -2.35. The Morgan fingerprint density at radius 1 is 1.00 bits per heavy atom. The summed E-state index contributed by atoms with van der Waals surface area (Å²) in [7, 11) is 0. The van der Waals surface area contributed by atoms with Crippen LogP contribution in [0.5, 0.6) is 5.75 Å². The third-order valence-corrected chi connectivity index (χ3v) is 4.94. The summed E-state index contributed by atoms with van der Waals surface area (Å²) in [6, 6.07) is 15.5. The first kappa shape index (κ1) is 20.5. The number of nitrogens with zero attached hydrogens (tertiary/aromatic N) is 5. The van der Waals surface area contributed by atoms with E-state index in [1.165, 1.54) is 12.1 Å². The van der Waals surface area contributed by atoms with E-state index in [-0.39, 0.29) is 18.3 Å². The van der Waals surface area contributed by atoms with Gasteiger partial charge in [0.25, 0.3) is 5.91 Å². The smallest absolute Gasteiger partial charge is 0.260 e. The van der Waals surface area contributed by atoms with Crippen molar-refractivity contribution in [3.8, 4) is 5.75 Å². The lowest BCUT2D eigenvalue weighted by atomic mass is 10.3. The molecule has 0 aliphatic carbocycles. The molecule has 1 amide bonds. The molecule has 0 radical (unpaired) electrons. The molecule has 1 aliphatic heterocycles. The van der Waals surface area contributed by atoms with E-state index in [1.54, 1.807) is 17.0 Å².